The molecule has 0 aromatic heterocycles. The average molecular weight is 416 g/mol. The summed E-state index contributed by atoms with van der Waals surface area (Å²) in [7, 11) is 0. The molecule has 2 amide bonds. The van der Waals surface area contributed by atoms with Gasteiger partial charge in [-0.2, -0.15) is 5.10 Å². The Labute approximate surface area is 162 Å². The number of carbonyl (C=O) groups excluding carboxylic acids is 2. The molecule has 2 N–H and O–H groups in total. The molecule has 6 heteroatoms. The Hall–Kier alpha value is -2.47. The predicted octanol–water partition coefficient (Wildman–Crippen LogP) is 3.78. The lowest BCUT2D eigenvalue weighted by molar-refractivity contribution is -0.123. The monoisotopic (exact) mass is 415 g/mol. The maximum atomic E-state index is 11.8. The zero-order chi connectivity index (χ0) is 18.6. The Balaban J connectivity index is 1.56. The summed E-state index contributed by atoms with van der Waals surface area (Å²) in [5, 5.41) is 6.81. The van der Waals surface area contributed by atoms with Crippen LogP contribution in [0.3, 0.4) is 0 Å². The molecule has 0 fully saturated rings. The van der Waals surface area contributed by atoms with Gasteiger partial charge in [-0.25, -0.2) is 5.43 Å². The zero-order valence-corrected chi connectivity index (χ0v) is 16.0. The van der Waals surface area contributed by atoms with Crippen molar-refractivity contribution in [3.8, 4) is 0 Å². The van der Waals surface area contributed by atoms with E-state index in [2.05, 4.69) is 31.8 Å². The third-order valence-corrected chi connectivity index (χ3v) is 4.13. The van der Waals surface area contributed by atoms with E-state index in [9.17, 15) is 9.59 Å². The van der Waals surface area contributed by atoms with Crippen molar-refractivity contribution in [1.29, 1.82) is 0 Å². The summed E-state index contributed by atoms with van der Waals surface area (Å²) in [4.78, 5) is 23.5. The molecule has 0 heterocycles. The maximum absolute atomic E-state index is 11.8. The summed E-state index contributed by atoms with van der Waals surface area (Å²) in [6.07, 6.45) is 3.68. The van der Waals surface area contributed by atoms with Crippen molar-refractivity contribution in [2.24, 2.45) is 5.10 Å². The average Bonchev–Trinajstić information content (AvgIpc) is 2.64. The largest absolute Gasteiger partial charge is 0.352 e. The number of amides is 2. The van der Waals surface area contributed by atoms with Gasteiger partial charge in [-0.15, -0.1) is 0 Å². The van der Waals surface area contributed by atoms with Crippen molar-refractivity contribution in [3.05, 3.63) is 70.2 Å². The first-order chi connectivity index (χ1) is 12.6. The van der Waals surface area contributed by atoms with E-state index in [0.717, 1.165) is 15.6 Å². The Morgan fingerprint density at radius 1 is 0.962 bits per heavy atom. The first kappa shape index (κ1) is 19.8. The second-order valence-electron chi connectivity index (χ2n) is 5.82. The van der Waals surface area contributed by atoms with Crippen molar-refractivity contribution in [1.82, 2.24) is 10.7 Å². The van der Waals surface area contributed by atoms with Crippen LogP contribution in [-0.4, -0.2) is 18.0 Å². The Morgan fingerprint density at radius 2 is 1.69 bits per heavy atom. The molecule has 2 aromatic rings. The maximum Gasteiger partial charge on any atom is 0.240 e. The molecule has 0 saturated heterocycles. The summed E-state index contributed by atoms with van der Waals surface area (Å²) in [5.41, 5.74) is 4.47. The third-order valence-electron chi connectivity index (χ3n) is 3.64. The second kappa shape index (κ2) is 11.2. The molecule has 0 bridgehead atoms. The van der Waals surface area contributed by atoms with Crippen LogP contribution in [0.4, 0.5) is 0 Å². The lowest BCUT2D eigenvalue weighted by Crippen LogP contribution is -2.22. The number of hydrogen-bond donors (Lipinski definition) is 2. The predicted molar refractivity (Wildman–Crippen MR) is 107 cm³/mol. The summed E-state index contributed by atoms with van der Waals surface area (Å²) in [5.74, 6) is -0.150. The van der Waals surface area contributed by atoms with Gasteiger partial charge in [0.05, 0.1) is 6.21 Å². The number of halogens is 1. The third kappa shape index (κ3) is 8.07. The highest BCUT2D eigenvalue weighted by molar-refractivity contribution is 9.10. The molecule has 2 aromatic carbocycles. The van der Waals surface area contributed by atoms with Gasteiger partial charge < -0.3 is 5.32 Å². The minimum atomic E-state index is -0.152. The summed E-state index contributed by atoms with van der Waals surface area (Å²) < 4.78 is 0.957. The van der Waals surface area contributed by atoms with Crippen LogP contribution in [0.5, 0.6) is 0 Å². The van der Waals surface area contributed by atoms with E-state index in [-0.39, 0.29) is 11.8 Å². The van der Waals surface area contributed by atoms with Gasteiger partial charge in [0.1, 0.15) is 0 Å². The van der Waals surface area contributed by atoms with Crippen LogP contribution in [0.25, 0.3) is 0 Å². The lowest BCUT2D eigenvalue weighted by atomic mass is 10.1. The van der Waals surface area contributed by atoms with E-state index in [1.165, 1.54) is 0 Å². The molecule has 0 aliphatic carbocycles. The SMILES string of the molecule is O=C(CCCCC(=O)NN=Cc1cccc(Br)c1)NCc1ccccc1. The molecule has 0 atom stereocenters. The van der Waals surface area contributed by atoms with Crippen molar-refractivity contribution in [2.45, 2.75) is 32.2 Å². The highest BCUT2D eigenvalue weighted by atomic mass is 79.9. The quantitative estimate of drug-likeness (QED) is 0.371. The van der Waals surface area contributed by atoms with E-state index in [0.29, 0.717) is 32.2 Å². The van der Waals surface area contributed by atoms with Gasteiger partial charge in [-0.05, 0) is 36.1 Å². The van der Waals surface area contributed by atoms with E-state index in [1.807, 2.05) is 54.6 Å². The highest BCUT2D eigenvalue weighted by Gasteiger charge is 2.03. The van der Waals surface area contributed by atoms with Crippen molar-refractivity contribution in [2.75, 3.05) is 0 Å². The molecule has 0 saturated carbocycles. The number of rotatable bonds is 9. The second-order valence-corrected chi connectivity index (χ2v) is 6.73. The fourth-order valence-corrected chi connectivity index (χ4v) is 2.69. The van der Waals surface area contributed by atoms with Gasteiger partial charge in [-0.3, -0.25) is 9.59 Å². The molecule has 0 spiro atoms. The topological polar surface area (TPSA) is 70.6 Å². The van der Waals surface area contributed by atoms with Crippen LogP contribution in [-0.2, 0) is 16.1 Å². The Kier molecular flexibility index (Phi) is 8.55. The van der Waals surface area contributed by atoms with Gasteiger partial charge in [0.2, 0.25) is 11.8 Å². The molecular weight excluding hydrogens is 394 g/mol. The molecule has 2 rings (SSSR count). The molecule has 0 aliphatic heterocycles. The summed E-state index contributed by atoms with van der Waals surface area (Å²) in [6.45, 7) is 0.532. The lowest BCUT2D eigenvalue weighted by Gasteiger charge is -2.05. The first-order valence-corrected chi connectivity index (χ1v) is 9.31. The number of nitrogens with one attached hydrogen (secondary N) is 2. The Morgan fingerprint density at radius 3 is 2.42 bits per heavy atom. The number of carbonyl (C=O) groups is 2. The number of nitrogens with zero attached hydrogens (tertiary/aromatic N) is 1. The molecule has 0 radical (unpaired) electrons. The van der Waals surface area contributed by atoms with Gasteiger partial charge >= 0.3 is 0 Å². The summed E-state index contributed by atoms with van der Waals surface area (Å²) >= 11 is 3.38. The van der Waals surface area contributed by atoms with E-state index in [4.69, 9.17) is 0 Å². The molecule has 0 unspecified atom stereocenters. The number of hydrogen-bond acceptors (Lipinski definition) is 3. The smallest absolute Gasteiger partial charge is 0.240 e. The van der Waals surface area contributed by atoms with E-state index in [1.54, 1.807) is 6.21 Å². The molecule has 26 heavy (non-hydrogen) atoms. The van der Waals surface area contributed by atoms with Crippen LogP contribution >= 0.6 is 15.9 Å². The van der Waals surface area contributed by atoms with Crippen molar-refractivity contribution >= 4 is 34.0 Å². The van der Waals surface area contributed by atoms with Crippen LogP contribution < -0.4 is 10.7 Å². The van der Waals surface area contributed by atoms with Crippen LogP contribution in [0.15, 0.2) is 64.2 Å². The van der Waals surface area contributed by atoms with Crippen LogP contribution in [0, 0.1) is 0 Å². The normalized spacial score (nSPS) is 10.7. The molecule has 0 aliphatic rings. The fraction of sp³-hybridized carbons (Fsp3) is 0.250. The van der Waals surface area contributed by atoms with E-state index < -0.39 is 0 Å². The zero-order valence-electron chi connectivity index (χ0n) is 14.5. The van der Waals surface area contributed by atoms with Crippen LogP contribution in [0.2, 0.25) is 0 Å². The molecular formula is C20H22BrN3O2. The number of unbranched alkanes of at least 4 members (excludes halogenated alkanes) is 1. The summed E-state index contributed by atoms with van der Waals surface area (Å²) in [6, 6.07) is 17.4. The minimum absolute atomic E-state index is 0.00179. The highest BCUT2D eigenvalue weighted by Crippen LogP contribution is 2.09. The van der Waals surface area contributed by atoms with Crippen molar-refractivity contribution in [3.63, 3.8) is 0 Å². The van der Waals surface area contributed by atoms with Crippen LogP contribution in [0.1, 0.15) is 36.8 Å². The minimum Gasteiger partial charge on any atom is -0.352 e. The molecule has 5 nitrogen and oxygen atoms in total. The number of benzene rings is 2. The molecule has 136 valence electrons. The van der Waals surface area contributed by atoms with Gasteiger partial charge in [0.25, 0.3) is 0 Å². The van der Waals surface area contributed by atoms with Gasteiger partial charge in [0.15, 0.2) is 0 Å². The fourth-order valence-electron chi connectivity index (χ4n) is 2.28. The first-order valence-electron chi connectivity index (χ1n) is 8.51. The van der Waals surface area contributed by atoms with Gasteiger partial charge in [0, 0.05) is 23.9 Å². The Bertz CT molecular complexity index is 748. The van der Waals surface area contributed by atoms with Gasteiger partial charge in [-0.1, -0.05) is 58.4 Å². The van der Waals surface area contributed by atoms with Crippen molar-refractivity contribution < 1.29 is 9.59 Å². The standard InChI is InChI=1S/C20H22BrN3O2/c21-18-10-6-9-17(13-18)15-23-24-20(26)12-5-4-11-19(25)22-14-16-7-2-1-3-8-16/h1-3,6-10,13,15H,4-5,11-12,14H2,(H,22,25)(H,24,26). The number of hydrazone groups is 1. The van der Waals surface area contributed by atoms with E-state index >= 15 is 0 Å².